The Balaban J connectivity index is 2.17. The van der Waals surface area contributed by atoms with Crippen molar-refractivity contribution in [1.82, 2.24) is 14.9 Å². The summed E-state index contributed by atoms with van der Waals surface area (Å²) < 4.78 is 0. The molecule has 0 bridgehead atoms. The Hall–Kier alpha value is -2.67. The molecule has 1 heterocycles. The second kappa shape index (κ2) is 7.55. The van der Waals surface area contributed by atoms with Gasteiger partial charge in [0, 0.05) is 24.8 Å². The van der Waals surface area contributed by atoms with E-state index in [2.05, 4.69) is 25.5 Å². The van der Waals surface area contributed by atoms with E-state index in [1.54, 1.807) is 30.3 Å². The predicted molar refractivity (Wildman–Crippen MR) is 90.5 cm³/mol. The van der Waals surface area contributed by atoms with Crippen LogP contribution in [0.15, 0.2) is 30.3 Å². The van der Waals surface area contributed by atoms with Crippen molar-refractivity contribution >= 4 is 23.4 Å². The first kappa shape index (κ1) is 16.7. The number of anilines is 3. The lowest BCUT2D eigenvalue weighted by Crippen LogP contribution is -2.21. The summed E-state index contributed by atoms with van der Waals surface area (Å²) in [5.41, 5.74) is 1.49. The average molecular weight is 315 g/mol. The molecule has 122 valence electrons. The highest BCUT2D eigenvalue weighted by molar-refractivity contribution is 5.95. The molecule has 0 aliphatic heterocycles. The summed E-state index contributed by atoms with van der Waals surface area (Å²) in [7, 11) is 3.99. The van der Waals surface area contributed by atoms with Gasteiger partial charge in [-0.15, -0.1) is 0 Å². The molecule has 2 aromatic rings. The lowest BCUT2D eigenvalue weighted by molar-refractivity contribution is 0.0698. The molecule has 3 N–H and O–H groups in total. The lowest BCUT2D eigenvalue weighted by Gasteiger charge is -2.13. The van der Waals surface area contributed by atoms with Crippen LogP contribution in [0.2, 0.25) is 0 Å². The number of aromatic nitrogens is 2. The van der Waals surface area contributed by atoms with Gasteiger partial charge in [-0.1, -0.05) is 12.1 Å². The number of carbonyl (C=O) groups is 1. The van der Waals surface area contributed by atoms with Crippen LogP contribution < -0.4 is 10.6 Å². The molecular weight excluding hydrogens is 294 g/mol. The number of benzene rings is 1. The molecule has 0 amide bonds. The number of nitrogens with one attached hydrogen (secondary N) is 2. The molecule has 0 saturated carbocycles. The third-order valence-electron chi connectivity index (χ3n) is 3.12. The number of carboxylic acids is 1. The topological polar surface area (TPSA) is 90.4 Å². The van der Waals surface area contributed by atoms with E-state index in [-0.39, 0.29) is 5.56 Å². The number of para-hydroxylation sites is 1. The molecule has 0 spiro atoms. The minimum atomic E-state index is -0.983. The molecule has 23 heavy (non-hydrogen) atoms. The summed E-state index contributed by atoms with van der Waals surface area (Å²) in [6.07, 6.45) is 0. The van der Waals surface area contributed by atoms with Gasteiger partial charge in [-0.05, 0) is 33.2 Å². The van der Waals surface area contributed by atoms with Gasteiger partial charge in [0.2, 0.25) is 5.95 Å². The van der Waals surface area contributed by atoms with Crippen LogP contribution in [-0.2, 0) is 0 Å². The van der Waals surface area contributed by atoms with Gasteiger partial charge in [0.05, 0.1) is 11.3 Å². The van der Waals surface area contributed by atoms with Crippen LogP contribution in [0.5, 0.6) is 0 Å². The standard InChI is InChI=1S/C16H21N5O2/c1-11-10-14(20-16(18-11)17-8-9-21(2)3)19-13-7-5-4-6-12(13)15(22)23/h4-7,10H,8-9H2,1-3H3,(H,22,23)(H2,17,18,19,20). The first-order valence-corrected chi connectivity index (χ1v) is 7.29. The average Bonchev–Trinajstić information content (AvgIpc) is 2.46. The van der Waals surface area contributed by atoms with Gasteiger partial charge < -0.3 is 20.6 Å². The molecule has 1 aromatic heterocycles. The van der Waals surface area contributed by atoms with Crippen LogP contribution in [0.1, 0.15) is 16.1 Å². The van der Waals surface area contributed by atoms with E-state index in [0.29, 0.717) is 17.5 Å². The molecule has 7 heteroatoms. The zero-order chi connectivity index (χ0) is 16.8. The van der Waals surface area contributed by atoms with Crippen LogP contribution in [0, 0.1) is 6.92 Å². The van der Waals surface area contributed by atoms with Gasteiger partial charge in [-0.2, -0.15) is 4.98 Å². The number of rotatable bonds is 7. The second-order valence-corrected chi connectivity index (χ2v) is 5.42. The quantitative estimate of drug-likeness (QED) is 0.721. The summed E-state index contributed by atoms with van der Waals surface area (Å²) in [5, 5.41) is 15.4. The highest BCUT2D eigenvalue weighted by atomic mass is 16.4. The first-order valence-electron chi connectivity index (χ1n) is 7.29. The SMILES string of the molecule is Cc1cc(Nc2ccccc2C(=O)O)nc(NCCN(C)C)n1. The van der Waals surface area contributed by atoms with Gasteiger partial charge in [0.1, 0.15) is 5.82 Å². The highest BCUT2D eigenvalue weighted by Gasteiger charge is 2.10. The van der Waals surface area contributed by atoms with Crippen molar-refractivity contribution in [3.8, 4) is 0 Å². The van der Waals surface area contributed by atoms with Crippen molar-refractivity contribution < 1.29 is 9.90 Å². The number of carboxylic acid groups (broad SMARTS) is 1. The number of hydrogen-bond acceptors (Lipinski definition) is 6. The maximum atomic E-state index is 11.3. The van der Waals surface area contributed by atoms with Crippen LogP contribution >= 0.6 is 0 Å². The van der Waals surface area contributed by atoms with E-state index in [0.717, 1.165) is 18.8 Å². The molecule has 0 atom stereocenters. The molecule has 0 aliphatic rings. The van der Waals surface area contributed by atoms with Gasteiger partial charge in [0.15, 0.2) is 0 Å². The Labute approximate surface area is 135 Å². The number of aromatic carboxylic acids is 1. The fraction of sp³-hybridized carbons (Fsp3) is 0.312. The number of likely N-dealkylation sites (N-methyl/N-ethyl adjacent to an activating group) is 1. The third-order valence-corrected chi connectivity index (χ3v) is 3.12. The first-order chi connectivity index (χ1) is 11.0. The summed E-state index contributed by atoms with van der Waals surface area (Å²) in [4.78, 5) is 22.0. The molecule has 1 aromatic carbocycles. The molecule has 7 nitrogen and oxygen atoms in total. The summed E-state index contributed by atoms with van der Waals surface area (Å²) in [6, 6.07) is 8.50. The van der Waals surface area contributed by atoms with Crippen molar-refractivity contribution in [2.24, 2.45) is 0 Å². The summed E-state index contributed by atoms with van der Waals surface area (Å²) in [6.45, 7) is 3.45. The Kier molecular flexibility index (Phi) is 5.48. The van der Waals surface area contributed by atoms with Crippen molar-refractivity contribution in [2.75, 3.05) is 37.8 Å². The van der Waals surface area contributed by atoms with Crippen LogP contribution in [-0.4, -0.2) is 53.1 Å². The van der Waals surface area contributed by atoms with Crippen LogP contribution in [0.4, 0.5) is 17.5 Å². The van der Waals surface area contributed by atoms with E-state index in [9.17, 15) is 9.90 Å². The predicted octanol–water partition coefficient (Wildman–Crippen LogP) is 2.20. The van der Waals surface area contributed by atoms with Crippen molar-refractivity contribution in [3.63, 3.8) is 0 Å². The van der Waals surface area contributed by atoms with Crippen molar-refractivity contribution in [1.29, 1.82) is 0 Å². The Bertz CT molecular complexity index is 688. The number of hydrogen-bond donors (Lipinski definition) is 3. The van der Waals surface area contributed by atoms with Gasteiger partial charge >= 0.3 is 5.97 Å². The van der Waals surface area contributed by atoms with Crippen molar-refractivity contribution in [2.45, 2.75) is 6.92 Å². The Morgan fingerprint density at radius 2 is 2.00 bits per heavy atom. The van der Waals surface area contributed by atoms with E-state index in [1.807, 2.05) is 21.0 Å². The fourth-order valence-corrected chi connectivity index (χ4v) is 2.02. The monoisotopic (exact) mass is 315 g/mol. The molecular formula is C16H21N5O2. The zero-order valence-electron chi connectivity index (χ0n) is 13.5. The summed E-state index contributed by atoms with van der Waals surface area (Å²) >= 11 is 0. The molecule has 0 radical (unpaired) electrons. The maximum Gasteiger partial charge on any atom is 0.337 e. The zero-order valence-corrected chi connectivity index (χ0v) is 13.5. The maximum absolute atomic E-state index is 11.3. The van der Waals surface area contributed by atoms with Gasteiger partial charge in [-0.3, -0.25) is 0 Å². The smallest absolute Gasteiger partial charge is 0.337 e. The van der Waals surface area contributed by atoms with E-state index < -0.39 is 5.97 Å². The summed E-state index contributed by atoms with van der Waals surface area (Å²) in [5.74, 6) is 0.0870. The molecule has 0 aliphatic carbocycles. The van der Waals surface area contributed by atoms with E-state index >= 15 is 0 Å². The largest absolute Gasteiger partial charge is 0.478 e. The van der Waals surface area contributed by atoms with E-state index in [4.69, 9.17) is 0 Å². The molecule has 2 rings (SSSR count). The molecule has 0 saturated heterocycles. The fourth-order valence-electron chi connectivity index (χ4n) is 2.02. The van der Waals surface area contributed by atoms with Crippen LogP contribution in [0.25, 0.3) is 0 Å². The van der Waals surface area contributed by atoms with E-state index in [1.165, 1.54) is 0 Å². The van der Waals surface area contributed by atoms with Crippen LogP contribution in [0.3, 0.4) is 0 Å². The highest BCUT2D eigenvalue weighted by Crippen LogP contribution is 2.20. The molecule has 0 unspecified atom stereocenters. The number of aryl methyl sites for hydroxylation is 1. The normalized spacial score (nSPS) is 10.6. The second-order valence-electron chi connectivity index (χ2n) is 5.42. The molecule has 0 fully saturated rings. The van der Waals surface area contributed by atoms with Crippen molar-refractivity contribution in [3.05, 3.63) is 41.6 Å². The Morgan fingerprint density at radius 1 is 1.26 bits per heavy atom. The minimum absolute atomic E-state index is 0.200. The number of nitrogens with zero attached hydrogens (tertiary/aromatic N) is 3. The Morgan fingerprint density at radius 3 is 2.70 bits per heavy atom. The van der Waals surface area contributed by atoms with Gasteiger partial charge in [0.25, 0.3) is 0 Å². The minimum Gasteiger partial charge on any atom is -0.478 e. The van der Waals surface area contributed by atoms with Gasteiger partial charge in [-0.25, -0.2) is 9.78 Å². The third kappa shape index (κ3) is 4.93. The lowest BCUT2D eigenvalue weighted by atomic mass is 10.2.